The molecule has 0 atom stereocenters. The van der Waals surface area contributed by atoms with Gasteiger partial charge in [-0.3, -0.25) is 0 Å². The van der Waals surface area contributed by atoms with Crippen molar-refractivity contribution in [2.75, 3.05) is 6.61 Å². The maximum Gasteiger partial charge on any atom is 0.420 e. The van der Waals surface area contributed by atoms with Crippen LogP contribution in [0.1, 0.15) is 40.2 Å². The van der Waals surface area contributed by atoms with Gasteiger partial charge in [0.2, 0.25) is 5.88 Å². The fourth-order valence-corrected chi connectivity index (χ4v) is 2.01. The van der Waals surface area contributed by atoms with Crippen molar-refractivity contribution in [3.63, 3.8) is 0 Å². The van der Waals surface area contributed by atoms with Crippen LogP contribution in [0, 0.1) is 12.8 Å². The Labute approximate surface area is 130 Å². The summed E-state index contributed by atoms with van der Waals surface area (Å²) in [7, 11) is 0. The van der Waals surface area contributed by atoms with Gasteiger partial charge < -0.3 is 9.47 Å². The molecule has 22 heavy (non-hydrogen) atoms. The Bertz CT molecular complexity index is 684. The molecular formula is C16H23N3O3. The van der Waals surface area contributed by atoms with Crippen LogP contribution in [0.15, 0.2) is 12.5 Å². The molecule has 0 aromatic carbocycles. The van der Waals surface area contributed by atoms with E-state index in [1.165, 1.54) is 10.9 Å². The summed E-state index contributed by atoms with van der Waals surface area (Å²) in [4.78, 5) is 20.7. The van der Waals surface area contributed by atoms with Gasteiger partial charge >= 0.3 is 6.09 Å². The molecule has 0 fully saturated rings. The van der Waals surface area contributed by atoms with Crippen LogP contribution < -0.4 is 4.74 Å². The predicted octanol–water partition coefficient (Wildman–Crippen LogP) is 3.56. The van der Waals surface area contributed by atoms with Crippen LogP contribution in [0.2, 0.25) is 0 Å². The van der Waals surface area contributed by atoms with Gasteiger partial charge in [-0.15, -0.1) is 0 Å². The quantitative estimate of drug-likeness (QED) is 0.867. The van der Waals surface area contributed by atoms with Crippen molar-refractivity contribution in [2.24, 2.45) is 5.92 Å². The van der Waals surface area contributed by atoms with Crippen LogP contribution in [0.4, 0.5) is 4.79 Å². The third kappa shape index (κ3) is 3.55. The number of ether oxygens (including phenoxy) is 2. The van der Waals surface area contributed by atoms with E-state index in [1.807, 2.05) is 27.7 Å². The number of fused-ring (bicyclic) bond motifs is 1. The van der Waals surface area contributed by atoms with Gasteiger partial charge in [-0.2, -0.15) is 0 Å². The molecule has 6 nitrogen and oxygen atoms in total. The van der Waals surface area contributed by atoms with E-state index in [2.05, 4.69) is 23.8 Å². The molecule has 6 heteroatoms. The molecule has 2 aromatic rings. The molecule has 0 aliphatic heterocycles. The fraction of sp³-hybridized carbons (Fsp3) is 0.562. The molecule has 0 spiro atoms. The van der Waals surface area contributed by atoms with Crippen molar-refractivity contribution < 1.29 is 14.3 Å². The Balaban J connectivity index is 2.43. The van der Waals surface area contributed by atoms with Crippen LogP contribution in [0.5, 0.6) is 5.88 Å². The SMILES string of the molecule is Cc1cn(C(=O)OC(C)(C)C)c2ncnc(OCC(C)C)c12. The highest BCUT2D eigenvalue weighted by molar-refractivity contribution is 5.92. The smallest absolute Gasteiger partial charge is 0.420 e. The largest absolute Gasteiger partial charge is 0.477 e. The molecule has 0 radical (unpaired) electrons. The Morgan fingerprint density at radius 2 is 2.00 bits per heavy atom. The number of aromatic nitrogens is 3. The zero-order valence-corrected chi connectivity index (χ0v) is 14.0. The lowest BCUT2D eigenvalue weighted by Crippen LogP contribution is -2.26. The van der Waals surface area contributed by atoms with Crippen LogP contribution in [0.3, 0.4) is 0 Å². The van der Waals surface area contributed by atoms with Crippen LogP contribution in [-0.4, -0.2) is 32.8 Å². The molecule has 120 valence electrons. The van der Waals surface area contributed by atoms with Gasteiger partial charge in [-0.25, -0.2) is 19.3 Å². The number of hydrogen-bond donors (Lipinski definition) is 0. The van der Waals surface area contributed by atoms with Crippen LogP contribution in [-0.2, 0) is 4.74 Å². The molecule has 2 aromatic heterocycles. The van der Waals surface area contributed by atoms with Crippen molar-refractivity contribution in [3.05, 3.63) is 18.1 Å². The highest BCUT2D eigenvalue weighted by Crippen LogP contribution is 2.27. The second-order valence-corrected chi connectivity index (χ2v) is 6.74. The topological polar surface area (TPSA) is 66.2 Å². The monoisotopic (exact) mass is 305 g/mol. The third-order valence-corrected chi connectivity index (χ3v) is 2.88. The summed E-state index contributed by atoms with van der Waals surface area (Å²) in [5.41, 5.74) is 0.812. The lowest BCUT2D eigenvalue weighted by molar-refractivity contribution is 0.0543. The second kappa shape index (κ2) is 5.94. The first-order valence-electron chi connectivity index (χ1n) is 7.38. The van der Waals surface area contributed by atoms with E-state index in [4.69, 9.17) is 9.47 Å². The van der Waals surface area contributed by atoms with Crippen LogP contribution in [0.25, 0.3) is 11.0 Å². The number of carbonyl (C=O) groups excluding carboxylic acids is 1. The normalized spacial score (nSPS) is 12.0. The Hall–Kier alpha value is -2.11. The summed E-state index contributed by atoms with van der Waals surface area (Å²) in [6.07, 6.45) is 2.65. The predicted molar refractivity (Wildman–Crippen MR) is 84.2 cm³/mol. The molecule has 0 aliphatic carbocycles. The first-order valence-corrected chi connectivity index (χ1v) is 7.38. The fourth-order valence-electron chi connectivity index (χ4n) is 2.01. The lowest BCUT2D eigenvalue weighted by atomic mass is 10.2. The Kier molecular flexibility index (Phi) is 4.39. The number of rotatable bonds is 3. The molecule has 0 N–H and O–H groups in total. The minimum atomic E-state index is -0.564. The van der Waals surface area contributed by atoms with Gasteiger partial charge in [-0.1, -0.05) is 13.8 Å². The minimum Gasteiger partial charge on any atom is -0.477 e. The number of hydrogen-bond acceptors (Lipinski definition) is 5. The molecule has 0 saturated carbocycles. The Morgan fingerprint density at radius 3 is 2.59 bits per heavy atom. The van der Waals surface area contributed by atoms with Crippen LogP contribution >= 0.6 is 0 Å². The summed E-state index contributed by atoms with van der Waals surface area (Å²) < 4.78 is 12.5. The summed E-state index contributed by atoms with van der Waals surface area (Å²) in [5, 5.41) is 0.744. The van der Waals surface area contributed by atoms with E-state index in [1.54, 1.807) is 6.20 Å². The standard InChI is InChI=1S/C16H23N3O3/c1-10(2)8-21-14-12-11(3)7-19(13(12)17-9-18-14)15(20)22-16(4,5)6/h7,9-10H,8H2,1-6H3. The van der Waals surface area contributed by atoms with Gasteiger partial charge in [0.1, 0.15) is 11.9 Å². The summed E-state index contributed by atoms with van der Waals surface area (Å²) in [6, 6.07) is 0. The van der Waals surface area contributed by atoms with E-state index in [-0.39, 0.29) is 0 Å². The molecule has 2 heterocycles. The van der Waals surface area contributed by atoms with E-state index in [9.17, 15) is 4.79 Å². The molecular weight excluding hydrogens is 282 g/mol. The van der Waals surface area contributed by atoms with Crippen molar-refractivity contribution >= 4 is 17.1 Å². The maximum absolute atomic E-state index is 12.3. The maximum atomic E-state index is 12.3. The number of carbonyl (C=O) groups is 1. The van der Waals surface area contributed by atoms with Gasteiger partial charge in [0.05, 0.1) is 12.0 Å². The summed E-state index contributed by atoms with van der Waals surface area (Å²) in [5.74, 6) is 0.886. The second-order valence-electron chi connectivity index (χ2n) is 6.74. The van der Waals surface area contributed by atoms with Gasteiger partial charge in [0.25, 0.3) is 0 Å². The Morgan fingerprint density at radius 1 is 1.32 bits per heavy atom. The van der Waals surface area contributed by atoms with Gasteiger partial charge in [0.15, 0.2) is 5.65 Å². The first-order chi connectivity index (χ1) is 10.2. The first kappa shape index (κ1) is 16.3. The van der Waals surface area contributed by atoms with Crippen molar-refractivity contribution in [1.82, 2.24) is 14.5 Å². The third-order valence-electron chi connectivity index (χ3n) is 2.88. The molecule has 0 aliphatic rings. The van der Waals surface area contributed by atoms with Crippen molar-refractivity contribution in [3.8, 4) is 5.88 Å². The van der Waals surface area contributed by atoms with Crippen molar-refractivity contribution in [2.45, 2.75) is 47.1 Å². The minimum absolute atomic E-state index is 0.387. The van der Waals surface area contributed by atoms with Crippen molar-refractivity contribution in [1.29, 1.82) is 0 Å². The van der Waals surface area contributed by atoms with E-state index >= 15 is 0 Å². The zero-order valence-electron chi connectivity index (χ0n) is 14.0. The van der Waals surface area contributed by atoms with E-state index in [0.717, 1.165) is 10.9 Å². The molecule has 0 saturated heterocycles. The molecule has 0 amide bonds. The van der Waals surface area contributed by atoms with Gasteiger partial charge in [-0.05, 0) is 39.2 Å². The molecule has 0 unspecified atom stereocenters. The van der Waals surface area contributed by atoms with E-state index in [0.29, 0.717) is 24.1 Å². The highest BCUT2D eigenvalue weighted by atomic mass is 16.6. The van der Waals surface area contributed by atoms with Gasteiger partial charge in [0, 0.05) is 6.20 Å². The molecule has 2 rings (SSSR count). The number of nitrogens with zero attached hydrogens (tertiary/aromatic N) is 3. The average Bonchev–Trinajstić information content (AvgIpc) is 2.73. The average molecular weight is 305 g/mol. The lowest BCUT2D eigenvalue weighted by Gasteiger charge is -2.19. The summed E-state index contributed by atoms with van der Waals surface area (Å²) >= 11 is 0. The molecule has 0 bridgehead atoms. The zero-order chi connectivity index (χ0) is 16.5. The van der Waals surface area contributed by atoms with E-state index < -0.39 is 11.7 Å². The number of aryl methyl sites for hydroxylation is 1. The highest BCUT2D eigenvalue weighted by Gasteiger charge is 2.22. The summed E-state index contributed by atoms with van der Waals surface area (Å²) in [6.45, 7) is 12.1.